The van der Waals surface area contributed by atoms with Crippen molar-refractivity contribution in [3.05, 3.63) is 24.2 Å². The number of furan rings is 1. The smallest absolute Gasteiger partial charge is 0.104 e. The predicted molar refractivity (Wildman–Crippen MR) is 56.1 cm³/mol. The van der Waals surface area contributed by atoms with Crippen LogP contribution in [0.3, 0.4) is 0 Å². The molecule has 2 heteroatoms. The average molecular weight is 201 g/mol. The van der Waals surface area contributed by atoms with Gasteiger partial charge in [0, 0.05) is 12.3 Å². The Labute approximate surface area is 85.1 Å². The highest BCUT2D eigenvalue weighted by Gasteiger charge is 2.24. The molecule has 0 spiro atoms. The Balaban J connectivity index is 2.60. The summed E-state index contributed by atoms with van der Waals surface area (Å²) < 4.78 is 5.30. The van der Waals surface area contributed by atoms with Crippen molar-refractivity contribution in [3.8, 4) is 0 Å². The van der Waals surface area contributed by atoms with E-state index in [9.17, 15) is 0 Å². The lowest BCUT2D eigenvalue weighted by Gasteiger charge is -2.28. The van der Waals surface area contributed by atoms with Gasteiger partial charge in [0.25, 0.3) is 0 Å². The van der Waals surface area contributed by atoms with E-state index in [4.69, 9.17) is 16.0 Å². The maximum atomic E-state index is 5.93. The Kier molecular flexibility index (Phi) is 3.43. The average Bonchev–Trinajstić information content (AvgIpc) is 2.49. The van der Waals surface area contributed by atoms with Gasteiger partial charge in [0.1, 0.15) is 5.76 Å². The van der Waals surface area contributed by atoms with E-state index < -0.39 is 0 Å². The largest absolute Gasteiger partial charge is 0.469 e. The van der Waals surface area contributed by atoms with E-state index in [0.29, 0.717) is 11.8 Å². The summed E-state index contributed by atoms with van der Waals surface area (Å²) in [7, 11) is 0. The molecule has 0 aliphatic heterocycles. The van der Waals surface area contributed by atoms with Crippen molar-refractivity contribution in [1.29, 1.82) is 0 Å². The molecule has 0 aromatic carbocycles. The Morgan fingerprint density at radius 1 is 1.46 bits per heavy atom. The van der Waals surface area contributed by atoms with Gasteiger partial charge in [-0.3, -0.25) is 0 Å². The van der Waals surface area contributed by atoms with Crippen LogP contribution in [0.1, 0.15) is 26.5 Å². The summed E-state index contributed by atoms with van der Waals surface area (Å²) in [6.45, 7) is 6.63. The molecule has 0 N–H and O–H groups in total. The fraction of sp³-hybridized carbons (Fsp3) is 0.636. The lowest BCUT2D eigenvalue weighted by molar-refractivity contribution is 0.251. The zero-order chi connectivity index (χ0) is 9.90. The summed E-state index contributed by atoms with van der Waals surface area (Å²) >= 11 is 5.93. The molecule has 1 heterocycles. The molecule has 0 fully saturated rings. The lowest BCUT2D eigenvalue weighted by atomic mass is 9.79. The highest BCUT2D eigenvalue weighted by Crippen LogP contribution is 2.30. The zero-order valence-electron chi connectivity index (χ0n) is 8.51. The van der Waals surface area contributed by atoms with Gasteiger partial charge >= 0.3 is 0 Å². The highest BCUT2D eigenvalue weighted by atomic mass is 35.5. The highest BCUT2D eigenvalue weighted by molar-refractivity contribution is 6.18. The minimum absolute atomic E-state index is 0.245. The van der Waals surface area contributed by atoms with Crippen molar-refractivity contribution in [1.82, 2.24) is 0 Å². The summed E-state index contributed by atoms with van der Waals surface area (Å²) in [5, 5.41) is 0. The number of hydrogen-bond acceptors (Lipinski definition) is 1. The molecule has 0 radical (unpaired) electrons. The van der Waals surface area contributed by atoms with Gasteiger partial charge < -0.3 is 4.42 Å². The third-order valence-electron chi connectivity index (χ3n) is 2.44. The Morgan fingerprint density at radius 3 is 2.54 bits per heavy atom. The van der Waals surface area contributed by atoms with E-state index in [-0.39, 0.29) is 5.41 Å². The van der Waals surface area contributed by atoms with E-state index in [0.717, 1.165) is 12.2 Å². The van der Waals surface area contributed by atoms with Crippen LogP contribution in [0.2, 0.25) is 0 Å². The molecule has 0 bridgehead atoms. The molecule has 1 unspecified atom stereocenters. The molecule has 74 valence electrons. The predicted octanol–water partition coefficient (Wildman–Crippen LogP) is 3.72. The van der Waals surface area contributed by atoms with Gasteiger partial charge in [0.05, 0.1) is 6.26 Å². The summed E-state index contributed by atoms with van der Waals surface area (Å²) in [4.78, 5) is 0. The number of rotatable bonds is 3. The van der Waals surface area contributed by atoms with Crippen LogP contribution in [-0.4, -0.2) is 5.88 Å². The molecule has 1 rings (SSSR count). The third kappa shape index (κ3) is 3.07. The Bertz CT molecular complexity index is 233. The van der Waals surface area contributed by atoms with Crippen LogP contribution >= 0.6 is 11.6 Å². The zero-order valence-corrected chi connectivity index (χ0v) is 9.27. The van der Waals surface area contributed by atoms with Crippen molar-refractivity contribution >= 4 is 11.6 Å². The maximum absolute atomic E-state index is 5.93. The summed E-state index contributed by atoms with van der Waals surface area (Å²) in [6.07, 6.45) is 2.64. The van der Waals surface area contributed by atoms with Crippen LogP contribution in [-0.2, 0) is 6.42 Å². The summed E-state index contributed by atoms with van der Waals surface area (Å²) in [6, 6.07) is 3.93. The first-order chi connectivity index (χ1) is 6.04. The molecule has 0 aliphatic rings. The van der Waals surface area contributed by atoms with Crippen molar-refractivity contribution in [3.63, 3.8) is 0 Å². The fourth-order valence-corrected chi connectivity index (χ4v) is 1.84. The van der Waals surface area contributed by atoms with Crippen molar-refractivity contribution in [2.24, 2.45) is 11.3 Å². The molecule has 1 nitrogen and oxygen atoms in total. The molecular formula is C11H17ClO. The molecule has 0 aliphatic carbocycles. The molecule has 1 atom stereocenters. The minimum Gasteiger partial charge on any atom is -0.469 e. The SMILES string of the molecule is CC(C)(C)C(CCl)Cc1ccco1. The molecule has 1 aromatic heterocycles. The van der Waals surface area contributed by atoms with Gasteiger partial charge in [-0.05, 0) is 23.5 Å². The summed E-state index contributed by atoms with van der Waals surface area (Å²) in [5.74, 6) is 2.19. The van der Waals surface area contributed by atoms with Gasteiger partial charge in [-0.1, -0.05) is 20.8 Å². The van der Waals surface area contributed by atoms with E-state index in [1.165, 1.54) is 0 Å². The fourth-order valence-electron chi connectivity index (χ4n) is 1.26. The first kappa shape index (κ1) is 10.6. The molecule has 0 saturated carbocycles. The third-order valence-corrected chi connectivity index (χ3v) is 2.81. The first-order valence-electron chi connectivity index (χ1n) is 4.62. The van der Waals surface area contributed by atoms with Crippen LogP contribution < -0.4 is 0 Å². The van der Waals surface area contributed by atoms with Crippen LogP contribution in [0.15, 0.2) is 22.8 Å². The van der Waals surface area contributed by atoms with E-state index in [2.05, 4.69) is 20.8 Å². The topological polar surface area (TPSA) is 13.1 Å². The van der Waals surface area contributed by atoms with Crippen LogP contribution in [0.25, 0.3) is 0 Å². The normalized spacial score (nSPS) is 14.5. The molecule has 0 saturated heterocycles. The number of halogens is 1. The Hall–Kier alpha value is -0.430. The lowest BCUT2D eigenvalue weighted by Crippen LogP contribution is -2.23. The maximum Gasteiger partial charge on any atom is 0.104 e. The van der Waals surface area contributed by atoms with Crippen LogP contribution in [0.5, 0.6) is 0 Å². The molecular weight excluding hydrogens is 184 g/mol. The second-order valence-electron chi connectivity index (χ2n) is 4.50. The molecule has 1 aromatic rings. The van der Waals surface area contributed by atoms with Gasteiger partial charge in [-0.25, -0.2) is 0 Å². The summed E-state index contributed by atoms with van der Waals surface area (Å²) in [5.41, 5.74) is 0.245. The monoisotopic (exact) mass is 200 g/mol. The second-order valence-corrected chi connectivity index (χ2v) is 4.81. The number of hydrogen-bond donors (Lipinski definition) is 0. The van der Waals surface area contributed by atoms with Crippen molar-refractivity contribution in [2.45, 2.75) is 27.2 Å². The molecule has 13 heavy (non-hydrogen) atoms. The van der Waals surface area contributed by atoms with Gasteiger partial charge in [0.2, 0.25) is 0 Å². The van der Waals surface area contributed by atoms with Crippen molar-refractivity contribution < 1.29 is 4.42 Å². The Morgan fingerprint density at radius 2 is 2.15 bits per heavy atom. The standard InChI is InChI=1S/C11H17ClO/c1-11(2,3)9(8-12)7-10-5-4-6-13-10/h4-6,9H,7-8H2,1-3H3. The number of alkyl halides is 1. The second kappa shape index (κ2) is 4.19. The quantitative estimate of drug-likeness (QED) is 0.678. The van der Waals surface area contributed by atoms with Gasteiger partial charge in [0.15, 0.2) is 0 Å². The van der Waals surface area contributed by atoms with Crippen LogP contribution in [0, 0.1) is 11.3 Å². The van der Waals surface area contributed by atoms with E-state index in [1.807, 2.05) is 12.1 Å². The van der Waals surface area contributed by atoms with Crippen molar-refractivity contribution in [2.75, 3.05) is 5.88 Å². The minimum atomic E-state index is 0.245. The van der Waals surface area contributed by atoms with Crippen LogP contribution in [0.4, 0.5) is 0 Å². The van der Waals surface area contributed by atoms with E-state index >= 15 is 0 Å². The molecule has 0 amide bonds. The van der Waals surface area contributed by atoms with Gasteiger partial charge in [-0.15, -0.1) is 11.6 Å². The first-order valence-corrected chi connectivity index (χ1v) is 5.16. The van der Waals surface area contributed by atoms with Gasteiger partial charge in [-0.2, -0.15) is 0 Å². The van der Waals surface area contributed by atoms with E-state index in [1.54, 1.807) is 6.26 Å².